The molecule has 3 N–H and O–H groups in total. The summed E-state index contributed by atoms with van der Waals surface area (Å²) < 4.78 is 68.6. The summed E-state index contributed by atoms with van der Waals surface area (Å²) in [5, 5.41) is 10.6. The highest BCUT2D eigenvalue weighted by molar-refractivity contribution is 7.47. The van der Waals surface area contributed by atoms with Gasteiger partial charge in [0.1, 0.15) is 19.3 Å². The third-order valence-electron chi connectivity index (χ3n) is 17.6. The molecule has 0 aliphatic rings. The molecular formula is C83H150O17P2. The first kappa shape index (κ1) is 98.5. The highest BCUT2D eigenvalue weighted by Gasteiger charge is 2.30. The summed E-state index contributed by atoms with van der Waals surface area (Å²) >= 11 is 0. The number of carbonyl (C=O) groups excluding carboxylic acids is 4. The van der Waals surface area contributed by atoms with Gasteiger partial charge in [-0.3, -0.25) is 37.3 Å². The molecule has 594 valence electrons. The molecule has 0 spiro atoms. The molecule has 2 unspecified atom stereocenters. The van der Waals surface area contributed by atoms with E-state index in [-0.39, 0.29) is 25.7 Å². The van der Waals surface area contributed by atoms with Crippen LogP contribution in [0, 0.1) is 0 Å². The van der Waals surface area contributed by atoms with Crippen LogP contribution in [0.1, 0.15) is 374 Å². The van der Waals surface area contributed by atoms with Crippen LogP contribution in [0.4, 0.5) is 0 Å². The highest BCUT2D eigenvalue weighted by Crippen LogP contribution is 2.45. The maximum Gasteiger partial charge on any atom is 0.472 e. The van der Waals surface area contributed by atoms with Crippen molar-refractivity contribution in [2.75, 3.05) is 39.6 Å². The van der Waals surface area contributed by atoms with Crippen LogP contribution in [-0.4, -0.2) is 96.7 Å². The topological polar surface area (TPSA) is 237 Å². The molecule has 0 aromatic carbocycles. The Labute approximate surface area is 622 Å². The quantitative estimate of drug-likeness (QED) is 0.0169. The first-order valence-electron chi connectivity index (χ1n) is 41.2. The van der Waals surface area contributed by atoms with Gasteiger partial charge >= 0.3 is 39.5 Å². The van der Waals surface area contributed by atoms with Crippen molar-refractivity contribution in [2.24, 2.45) is 0 Å². The van der Waals surface area contributed by atoms with Gasteiger partial charge in [-0.2, -0.15) is 0 Å². The van der Waals surface area contributed by atoms with Crippen molar-refractivity contribution in [3.63, 3.8) is 0 Å². The van der Waals surface area contributed by atoms with Crippen LogP contribution in [0.25, 0.3) is 0 Å². The molecule has 0 aliphatic heterocycles. The molecular weight excluding hydrogens is 1330 g/mol. The minimum Gasteiger partial charge on any atom is -0.462 e. The number of hydrogen-bond acceptors (Lipinski definition) is 15. The zero-order chi connectivity index (χ0) is 74.6. The Morgan fingerprint density at radius 2 is 0.490 bits per heavy atom. The Morgan fingerprint density at radius 3 is 0.804 bits per heavy atom. The number of hydrogen-bond donors (Lipinski definition) is 3. The van der Waals surface area contributed by atoms with Crippen LogP contribution in [0.3, 0.4) is 0 Å². The fraction of sp³-hybridized carbons (Fsp3) is 0.807. The monoisotopic (exact) mass is 1480 g/mol. The number of carbonyl (C=O) groups is 4. The Hall–Kier alpha value is -3.50. The van der Waals surface area contributed by atoms with Gasteiger partial charge in [-0.05, 0) is 116 Å². The SMILES string of the molecule is CCCCC/C=C\C/C=C\C/C=C\C/C=C\CCCC(=O)O[C@H](COC(=O)CCCCCCCCCCCCCCCCC)COP(=O)(O)OC[C@@H](O)COP(=O)(O)OC[C@@H](COC(=O)CCCCCCC/C=C\CCCCCCCC)OC(=O)CCCCCCC/C=C\CCCCCCCC. The zero-order valence-electron chi connectivity index (χ0n) is 65.0. The van der Waals surface area contributed by atoms with Gasteiger partial charge in [-0.15, -0.1) is 0 Å². The van der Waals surface area contributed by atoms with Gasteiger partial charge in [0.2, 0.25) is 0 Å². The number of ether oxygens (including phenoxy) is 4. The van der Waals surface area contributed by atoms with E-state index in [2.05, 4.69) is 88.5 Å². The number of phosphoric acid groups is 2. The van der Waals surface area contributed by atoms with Crippen molar-refractivity contribution >= 4 is 39.5 Å². The number of allylic oxidation sites excluding steroid dienone is 12. The first-order valence-corrected chi connectivity index (χ1v) is 44.2. The van der Waals surface area contributed by atoms with Gasteiger partial charge in [0.05, 0.1) is 26.4 Å². The second-order valence-corrected chi connectivity index (χ2v) is 30.6. The van der Waals surface area contributed by atoms with Crippen LogP contribution in [0.5, 0.6) is 0 Å². The van der Waals surface area contributed by atoms with E-state index < -0.39 is 97.5 Å². The Balaban J connectivity index is 5.39. The minimum atomic E-state index is -4.99. The van der Waals surface area contributed by atoms with Gasteiger partial charge in [-0.1, -0.05) is 306 Å². The summed E-state index contributed by atoms with van der Waals surface area (Å²) in [5.74, 6) is -2.23. The molecule has 0 bridgehead atoms. The second kappa shape index (κ2) is 75.7. The molecule has 0 saturated carbocycles. The van der Waals surface area contributed by atoms with E-state index >= 15 is 0 Å². The van der Waals surface area contributed by atoms with Crippen molar-refractivity contribution in [3.05, 3.63) is 72.9 Å². The lowest BCUT2D eigenvalue weighted by Gasteiger charge is -2.21. The maximum atomic E-state index is 13.1. The minimum absolute atomic E-state index is 0.0230. The fourth-order valence-corrected chi connectivity index (χ4v) is 12.9. The van der Waals surface area contributed by atoms with Crippen molar-refractivity contribution < 1.29 is 80.2 Å². The van der Waals surface area contributed by atoms with E-state index in [1.54, 1.807) is 0 Å². The van der Waals surface area contributed by atoms with Crippen LogP contribution < -0.4 is 0 Å². The number of aliphatic hydroxyl groups is 1. The average molecular weight is 1480 g/mol. The molecule has 0 aromatic rings. The number of unbranched alkanes of at least 4 members (excludes halogenated alkanes) is 40. The Bertz CT molecular complexity index is 2210. The molecule has 0 aliphatic carbocycles. The third kappa shape index (κ3) is 74.8. The molecule has 0 aromatic heterocycles. The van der Waals surface area contributed by atoms with Crippen LogP contribution in [-0.2, 0) is 65.4 Å². The molecule has 0 saturated heterocycles. The number of rotatable bonds is 78. The fourth-order valence-electron chi connectivity index (χ4n) is 11.3. The standard InChI is InChI=1S/C83H150O17P2/c1-5-9-13-17-21-25-29-33-37-38-42-46-50-54-58-62-66-70-83(88)100-79(74-94-81(86)68-64-60-56-52-48-44-40-35-31-27-23-19-15-11-7-3)76-98-102(91,92)96-72-77(84)71-95-101(89,90)97-75-78(99-82(87)69-65-61-57-53-49-45-41-36-32-28-24-20-16-12-8-4)73-93-80(85)67-63-59-55-51-47-43-39-34-30-26-22-18-14-10-6-2/h21,25,33-34,36-37,39,41-42,46,54,58,77-79,84H,5-20,22-24,26-32,35,38,40,43-45,47-53,55-57,59-76H2,1-4H3,(H,89,90)(H,91,92)/b25-21-,37-33-,39-34-,41-36-,46-42-,58-54-/t77-,78+,79+/m0/s1. The highest BCUT2D eigenvalue weighted by atomic mass is 31.2. The molecule has 5 atom stereocenters. The summed E-state index contributed by atoms with van der Waals surface area (Å²) in [5.41, 5.74) is 0. The molecule has 0 heterocycles. The summed E-state index contributed by atoms with van der Waals surface area (Å²) in [6, 6.07) is 0. The molecule has 0 radical (unpaired) electrons. The molecule has 19 heteroatoms. The van der Waals surface area contributed by atoms with Crippen molar-refractivity contribution in [1.29, 1.82) is 0 Å². The van der Waals surface area contributed by atoms with Gasteiger partial charge in [0.25, 0.3) is 0 Å². The number of phosphoric ester groups is 2. The van der Waals surface area contributed by atoms with E-state index in [4.69, 9.17) is 37.0 Å². The van der Waals surface area contributed by atoms with Crippen LogP contribution in [0.2, 0.25) is 0 Å². The lowest BCUT2D eigenvalue weighted by Crippen LogP contribution is -2.30. The normalized spacial score (nSPS) is 14.2. The largest absolute Gasteiger partial charge is 0.472 e. The average Bonchev–Trinajstić information content (AvgIpc) is 0.917. The van der Waals surface area contributed by atoms with Crippen LogP contribution in [0.15, 0.2) is 72.9 Å². The lowest BCUT2D eigenvalue weighted by molar-refractivity contribution is -0.161. The molecule has 0 fully saturated rings. The van der Waals surface area contributed by atoms with Crippen molar-refractivity contribution in [1.82, 2.24) is 0 Å². The van der Waals surface area contributed by atoms with E-state index in [1.165, 1.54) is 167 Å². The Morgan fingerprint density at radius 1 is 0.275 bits per heavy atom. The molecule has 17 nitrogen and oxygen atoms in total. The molecule has 0 amide bonds. The summed E-state index contributed by atoms with van der Waals surface area (Å²) in [7, 11) is -9.97. The summed E-state index contributed by atoms with van der Waals surface area (Å²) in [6.07, 6.45) is 77.4. The van der Waals surface area contributed by atoms with Crippen molar-refractivity contribution in [3.8, 4) is 0 Å². The van der Waals surface area contributed by atoms with Gasteiger partial charge < -0.3 is 33.8 Å². The number of aliphatic hydroxyl groups excluding tert-OH is 1. The third-order valence-corrected chi connectivity index (χ3v) is 19.5. The predicted octanol–water partition coefficient (Wildman–Crippen LogP) is 24.0. The Kier molecular flexibility index (Phi) is 73.1. The van der Waals surface area contributed by atoms with E-state index in [1.807, 2.05) is 12.2 Å². The van der Waals surface area contributed by atoms with E-state index in [0.717, 1.165) is 122 Å². The number of esters is 4. The van der Waals surface area contributed by atoms with Gasteiger partial charge in [0.15, 0.2) is 12.2 Å². The maximum absolute atomic E-state index is 13.1. The summed E-state index contributed by atoms with van der Waals surface area (Å²) in [4.78, 5) is 73.0. The summed E-state index contributed by atoms with van der Waals surface area (Å²) in [6.45, 7) is 4.83. The van der Waals surface area contributed by atoms with Gasteiger partial charge in [-0.25, -0.2) is 9.13 Å². The molecule has 102 heavy (non-hydrogen) atoms. The zero-order valence-corrected chi connectivity index (χ0v) is 66.8. The van der Waals surface area contributed by atoms with Crippen molar-refractivity contribution in [2.45, 2.75) is 393 Å². The smallest absolute Gasteiger partial charge is 0.462 e. The predicted molar refractivity (Wildman–Crippen MR) is 418 cm³/mol. The van der Waals surface area contributed by atoms with Crippen LogP contribution >= 0.6 is 15.6 Å². The van der Waals surface area contributed by atoms with E-state index in [0.29, 0.717) is 32.1 Å². The van der Waals surface area contributed by atoms with Gasteiger partial charge in [0, 0.05) is 25.7 Å². The lowest BCUT2D eigenvalue weighted by atomic mass is 10.0. The first-order chi connectivity index (χ1) is 49.7. The van der Waals surface area contributed by atoms with E-state index in [9.17, 15) is 43.2 Å². The molecule has 0 rings (SSSR count). The second-order valence-electron chi connectivity index (χ2n) is 27.7.